The van der Waals surface area contributed by atoms with E-state index in [0.29, 0.717) is 29.2 Å². The van der Waals surface area contributed by atoms with Gasteiger partial charge in [-0.15, -0.1) is 0 Å². The smallest absolute Gasteiger partial charge is 0.315 e. The molecule has 2 heterocycles. The summed E-state index contributed by atoms with van der Waals surface area (Å²) in [6.07, 6.45) is 3.45. The summed E-state index contributed by atoms with van der Waals surface area (Å²) in [6, 6.07) is 4.85. The molecule has 4 rings (SSSR count). The summed E-state index contributed by atoms with van der Waals surface area (Å²) in [5.41, 5.74) is 1.85. The number of rotatable bonds is 10. The Morgan fingerprint density at radius 2 is 1.93 bits per heavy atom. The van der Waals surface area contributed by atoms with Crippen LogP contribution in [0.5, 0.6) is 5.75 Å². The molecule has 1 aliphatic carbocycles. The molecule has 0 spiro atoms. The molecular weight excluding hydrogens is 535 g/mol. The largest absolute Gasteiger partial charge is 0.494 e. The van der Waals surface area contributed by atoms with Crippen molar-refractivity contribution in [2.45, 2.75) is 70.7 Å². The molecule has 12 nitrogen and oxygen atoms in total. The van der Waals surface area contributed by atoms with Crippen molar-refractivity contribution < 1.29 is 33.8 Å². The number of aliphatic hydroxyl groups excluding tert-OH is 2. The lowest BCUT2D eigenvalue weighted by molar-refractivity contribution is -0.0325. The highest BCUT2D eigenvalue weighted by Crippen LogP contribution is 2.43. The first kappa shape index (κ1) is 30.1. The highest BCUT2D eigenvalue weighted by Gasteiger charge is 2.43. The van der Waals surface area contributed by atoms with E-state index in [1.54, 1.807) is 19.1 Å². The van der Waals surface area contributed by atoms with Crippen molar-refractivity contribution in [1.29, 1.82) is 0 Å². The van der Waals surface area contributed by atoms with Gasteiger partial charge in [-0.05, 0) is 56.4 Å². The maximum absolute atomic E-state index is 13.7. The van der Waals surface area contributed by atoms with Crippen LogP contribution in [0.3, 0.4) is 0 Å². The number of methoxy groups -OCH3 is 1. The van der Waals surface area contributed by atoms with E-state index in [1.807, 2.05) is 0 Å². The Morgan fingerprint density at radius 1 is 1.20 bits per heavy atom. The van der Waals surface area contributed by atoms with E-state index in [0.717, 1.165) is 25.7 Å². The molecule has 1 fully saturated rings. The summed E-state index contributed by atoms with van der Waals surface area (Å²) in [5, 5.41) is 30.9. The third kappa shape index (κ3) is 7.47. The molecule has 222 valence electrons. The lowest BCUT2D eigenvalue weighted by Crippen LogP contribution is -2.50. The van der Waals surface area contributed by atoms with E-state index in [2.05, 4.69) is 38.0 Å². The number of aryl methyl sites for hydroxylation is 1. The Labute approximate surface area is 237 Å². The van der Waals surface area contributed by atoms with Crippen molar-refractivity contribution in [2.24, 2.45) is 10.6 Å². The first-order valence-corrected chi connectivity index (χ1v) is 13.6. The third-order valence-electron chi connectivity index (χ3n) is 7.72. The Bertz CT molecular complexity index is 1280. The summed E-state index contributed by atoms with van der Waals surface area (Å²) in [6.45, 7) is 3.34. The van der Waals surface area contributed by atoms with Gasteiger partial charge in [0, 0.05) is 24.4 Å². The fourth-order valence-electron chi connectivity index (χ4n) is 5.13. The Balaban J connectivity index is 1.32. The molecule has 5 N–H and O–H groups in total. The average molecular weight is 573 g/mol. The molecule has 2 aliphatic rings. The maximum Gasteiger partial charge on any atom is 0.315 e. The molecule has 0 saturated heterocycles. The van der Waals surface area contributed by atoms with E-state index < -0.39 is 23.8 Å². The number of amides is 3. The van der Waals surface area contributed by atoms with Gasteiger partial charge in [0.15, 0.2) is 11.6 Å². The van der Waals surface area contributed by atoms with E-state index in [-0.39, 0.29) is 48.8 Å². The lowest BCUT2D eigenvalue weighted by Gasteiger charge is -2.40. The van der Waals surface area contributed by atoms with E-state index in [9.17, 15) is 14.0 Å². The molecule has 1 aromatic heterocycles. The van der Waals surface area contributed by atoms with Gasteiger partial charge >= 0.3 is 6.03 Å². The molecule has 1 atom stereocenters. The first-order valence-electron chi connectivity index (χ1n) is 13.6. The number of halogens is 1. The van der Waals surface area contributed by atoms with Crippen LogP contribution in [-0.2, 0) is 11.4 Å². The van der Waals surface area contributed by atoms with E-state index in [4.69, 9.17) is 19.8 Å². The molecule has 1 aromatic carbocycles. The highest BCUT2D eigenvalue weighted by atomic mass is 19.1. The molecule has 3 amide bonds. The van der Waals surface area contributed by atoms with Crippen molar-refractivity contribution >= 4 is 17.6 Å². The summed E-state index contributed by atoms with van der Waals surface area (Å²) < 4.78 is 18.7. The number of urea groups is 1. The fraction of sp³-hybridized carbons (Fsp3) is 0.536. The molecule has 2 aromatic rings. The average Bonchev–Trinajstić information content (AvgIpc) is 3.48. The number of nitrogens with one attached hydrogen (secondary N) is 3. The minimum atomic E-state index is -0.692. The first-order chi connectivity index (χ1) is 19.6. The Morgan fingerprint density at radius 3 is 2.61 bits per heavy atom. The summed E-state index contributed by atoms with van der Waals surface area (Å²) in [5.74, 6) is -0.359. The van der Waals surface area contributed by atoms with Crippen molar-refractivity contribution in [1.82, 2.24) is 25.9 Å². The standard InChI is InChI=1S/C28H37FN6O6/c1-16-31-21(11-23(32-16)26(38)30-13-17-4-5-20(29)24(10-17)40-3)22-12-25(41-35-22)28(2)8-6-18(7-9-28)33-27(39)34-19(14-36)15-37/h4-5,10-11,18-19,25,36-37H,6-9,12-15H2,1-3H3,(H,30,38)(H2,33,34,39). The Hall–Kier alpha value is -3.84. The molecule has 1 unspecified atom stereocenters. The van der Waals surface area contributed by atoms with Gasteiger partial charge in [0.05, 0.1) is 32.1 Å². The molecule has 1 aliphatic heterocycles. The van der Waals surface area contributed by atoms with Gasteiger partial charge in [-0.1, -0.05) is 18.1 Å². The molecule has 41 heavy (non-hydrogen) atoms. The lowest BCUT2D eigenvalue weighted by atomic mass is 9.69. The zero-order valence-corrected chi connectivity index (χ0v) is 23.4. The van der Waals surface area contributed by atoms with Gasteiger partial charge in [0.1, 0.15) is 23.3 Å². The summed E-state index contributed by atoms with van der Waals surface area (Å²) in [4.78, 5) is 39.7. The number of oxime groups is 1. The molecular formula is C28H37FN6O6. The van der Waals surface area contributed by atoms with Gasteiger partial charge in [-0.25, -0.2) is 19.2 Å². The Kier molecular flexibility index (Phi) is 9.71. The number of nitrogens with zero attached hydrogens (tertiary/aromatic N) is 3. The van der Waals surface area contributed by atoms with Crippen LogP contribution < -0.4 is 20.7 Å². The third-order valence-corrected chi connectivity index (χ3v) is 7.72. The highest BCUT2D eigenvalue weighted by molar-refractivity contribution is 6.02. The molecule has 13 heteroatoms. The second kappa shape index (κ2) is 13.2. The molecule has 1 saturated carbocycles. The number of benzene rings is 1. The zero-order chi connectivity index (χ0) is 29.6. The minimum absolute atomic E-state index is 0.0236. The van der Waals surface area contributed by atoms with E-state index >= 15 is 0 Å². The SMILES string of the molecule is COc1cc(CNC(=O)c2cc(C3=NOC(C4(C)CCC(NC(=O)NC(CO)CO)CC4)C3)nc(C)n2)ccc1F. The monoisotopic (exact) mass is 572 g/mol. The van der Waals surface area contributed by atoms with Crippen LogP contribution in [0.15, 0.2) is 29.4 Å². The van der Waals surface area contributed by atoms with Crippen molar-refractivity contribution in [2.75, 3.05) is 20.3 Å². The second-order valence-corrected chi connectivity index (χ2v) is 10.8. The van der Waals surface area contributed by atoms with Crippen LogP contribution in [0.4, 0.5) is 9.18 Å². The van der Waals surface area contributed by atoms with Gasteiger partial charge < -0.3 is 35.7 Å². The number of aromatic nitrogens is 2. The van der Waals surface area contributed by atoms with Crippen LogP contribution in [0, 0.1) is 18.2 Å². The normalized spacial score (nSPS) is 22.1. The van der Waals surface area contributed by atoms with Gasteiger partial charge in [-0.3, -0.25) is 4.79 Å². The van der Waals surface area contributed by atoms with Crippen LogP contribution >= 0.6 is 0 Å². The van der Waals surface area contributed by atoms with Gasteiger partial charge in [0.2, 0.25) is 0 Å². The van der Waals surface area contributed by atoms with Gasteiger partial charge in [0.25, 0.3) is 5.91 Å². The predicted molar refractivity (Wildman–Crippen MR) is 147 cm³/mol. The molecule has 0 bridgehead atoms. The van der Waals surface area contributed by atoms with Crippen molar-refractivity contribution in [3.63, 3.8) is 0 Å². The minimum Gasteiger partial charge on any atom is -0.494 e. The van der Waals surface area contributed by atoms with Crippen LogP contribution in [0.1, 0.15) is 66.6 Å². The number of aliphatic hydroxyl groups is 2. The predicted octanol–water partition coefficient (Wildman–Crippen LogP) is 1.96. The number of carbonyl (C=O) groups excluding carboxylic acids is 2. The quantitative estimate of drug-likeness (QED) is 0.288. The van der Waals surface area contributed by atoms with Crippen LogP contribution in [0.25, 0.3) is 0 Å². The summed E-state index contributed by atoms with van der Waals surface area (Å²) >= 11 is 0. The number of carbonyl (C=O) groups is 2. The number of hydrogen-bond acceptors (Lipinski definition) is 9. The summed E-state index contributed by atoms with van der Waals surface area (Å²) in [7, 11) is 1.38. The fourth-order valence-corrected chi connectivity index (χ4v) is 5.13. The number of ether oxygens (including phenoxy) is 1. The maximum atomic E-state index is 13.7. The van der Waals surface area contributed by atoms with Crippen molar-refractivity contribution in [3.05, 3.63) is 52.9 Å². The van der Waals surface area contributed by atoms with Crippen LogP contribution in [-0.4, -0.2) is 76.3 Å². The second-order valence-electron chi connectivity index (χ2n) is 10.8. The van der Waals surface area contributed by atoms with E-state index in [1.165, 1.54) is 19.2 Å². The number of hydrogen-bond donors (Lipinski definition) is 5. The molecule has 0 radical (unpaired) electrons. The van der Waals surface area contributed by atoms with Crippen molar-refractivity contribution in [3.8, 4) is 5.75 Å². The topological polar surface area (TPSA) is 167 Å². The van der Waals surface area contributed by atoms with Crippen LogP contribution in [0.2, 0.25) is 0 Å². The zero-order valence-electron chi connectivity index (χ0n) is 23.4. The van der Waals surface area contributed by atoms with Gasteiger partial charge in [-0.2, -0.15) is 0 Å².